The summed E-state index contributed by atoms with van der Waals surface area (Å²) in [4.78, 5) is 2.12. The van der Waals surface area contributed by atoms with Crippen molar-refractivity contribution in [3.05, 3.63) is 64.7 Å². The van der Waals surface area contributed by atoms with Crippen LogP contribution in [0.1, 0.15) is 24.0 Å². The Labute approximate surface area is 158 Å². The van der Waals surface area contributed by atoms with E-state index in [1.165, 1.54) is 0 Å². The molecule has 1 unspecified atom stereocenters. The zero-order valence-corrected chi connectivity index (χ0v) is 15.7. The Morgan fingerprint density at radius 3 is 2.62 bits per heavy atom. The minimum absolute atomic E-state index is 0.0861. The second kappa shape index (κ2) is 8.36. The van der Waals surface area contributed by atoms with Gasteiger partial charge in [0.1, 0.15) is 5.75 Å². The molecule has 1 aliphatic rings. The Bertz CT molecular complexity index is 720. The Morgan fingerprint density at radius 2 is 1.88 bits per heavy atom. The third kappa shape index (κ3) is 4.74. The van der Waals surface area contributed by atoms with E-state index in [9.17, 15) is 8.78 Å². The fourth-order valence-corrected chi connectivity index (χ4v) is 3.71. The molecule has 0 aliphatic carbocycles. The normalized spacial score (nSPS) is 20.1. The van der Waals surface area contributed by atoms with Gasteiger partial charge in [-0.15, -0.1) is 0 Å². The molecule has 0 radical (unpaired) electrons. The first kappa shape index (κ1) is 19.1. The molecule has 0 spiro atoms. The summed E-state index contributed by atoms with van der Waals surface area (Å²) < 4.78 is 34.2. The summed E-state index contributed by atoms with van der Waals surface area (Å²) in [5.41, 5.74) is 2.09. The smallest absolute Gasteiger partial charge is 0.253 e. The number of aryl methyl sites for hydroxylation is 1. The monoisotopic (exact) mass is 379 g/mol. The predicted octanol–water partition coefficient (Wildman–Crippen LogP) is 5.44. The van der Waals surface area contributed by atoms with Gasteiger partial charge in [0.2, 0.25) is 0 Å². The van der Waals surface area contributed by atoms with Gasteiger partial charge in [-0.3, -0.25) is 4.90 Å². The molecule has 2 aromatic carbocycles. The molecule has 2 aromatic rings. The first-order chi connectivity index (χ1) is 12.5. The summed E-state index contributed by atoms with van der Waals surface area (Å²) in [5.74, 6) is -2.49. The molecule has 1 aliphatic heterocycles. The topological polar surface area (TPSA) is 12.5 Å². The van der Waals surface area contributed by atoms with Crippen LogP contribution in [0.5, 0.6) is 5.75 Å². The number of benzene rings is 2. The van der Waals surface area contributed by atoms with Gasteiger partial charge in [-0.2, -0.15) is 0 Å². The molecule has 3 rings (SSSR count). The fourth-order valence-electron chi connectivity index (χ4n) is 3.58. The van der Waals surface area contributed by atoms with Crippen molar-refractivity contribution < 1.29 is 13.5 Å². The van der Waals surface area contributed by atoms with Crippen molar-refractivity contribution in [2.75, 3.05) is 20.2 Å². The first-order valence-corrected chi connectivity index (χ1v) is 9.32. The number of alkyl halides is 2. The summed E-state index contributed by atoms with van der Waals surface area (Å²) >= 11 is 5.92. The van der Waals surface area contributed by atoms with E-state index in [0.717, 1.165) is 16.9 Å². The lowest BCUT2D eigenvalue weighted by Crippen LogP contribution is -2.46. The summed E-state index contributed by atoms with van der Waals surface area (Å²) in [6, 6.07) is 15.2. The van der Waals surface area contributed by atoms with Gasteiger partial charge in [0.25, 0.3) is 5.92 Å². The van der Waals surface area contributed by atoms with Crippen molar-refractivity contribution in [2.45, 2.75) is 31.7 Å². The predicted molar refractivity (Wildman–Crippen MR) is 101 cm³/mol. The maximum atomic E-state index is 14.4. The molecule has 5 heteroatoms. The third-order valence-corrected chi connectivity index (χ3v) is 5.36. The lowest BCUT2D eigenvalue weighted by Gasteiger charge is -2.38. The van der Waals surface area contributed by atoms with Crippen molar-refractivity contribution >= 4 is 11.6 Å². The minimum atomic E-state index is -2.61. The number of likely N-dealkylation sites (tertiary alicyclic amines) is 1. The molecule has 0 N–H and O–H groups in total. The summed E-state index contributed by atoms with van der Waals surface area (Å²) in [6.45, 7) is 1.50. The van der Waals surface area contributed by atoms with Gasteiger partial charge in [0, 0.05) is 37.0 Å². The number of rotatable bonds is 6. The molecular formula is C21H24ClF2NO. The molecule has 1 heterocycles. The van der Waals surface area contributed by atoms with Crippen molar-refractivity contribution in [1.82, 2.24) is 4.90 Å². The molecule has 1 atom stereocenters. The van der Waals surface area contributed by atoms with Crippen LogP contribution in [-0.4, -0.2) is 31.0 Å². The standard InChI is InChI=1S/C21H24ClF2NO/c1-26-20-5-3-2-4-17(20)8-9-18-15-25(13-12-21(18,23)24)14-16-6-10-19(22)11-7-16/h2-7,10-11,18H,8-9,12-15H2,1H3. The average Bonchev–Trinajstić information content (AvgIpc) is 2.64. The third-order valence-electron chi connectivity index (χ3n) is 5.11. The Morgan fingerprint density at radius 1 is 1.15 bits per heavy atom. The molecule has 1 fully saturated rings. The lowest BCUT2D eigenvalue weighted by molar-refractivity contribution is -0.109. The maximum Gasteiger partial charge on any atom is 0.253 e. The van der Waals surface area contributed by atoms with Gasteiger partial charge >= 0.3 is 0 Å². The molecule has 140 valence electrons. The van der Waals surface area contributed by atoms with Gasteiger partial charge in [0.15, 0.2) is 0 Å². The molecule has 0 aromatic heterocycles. The quantitative estimate of drug-likeness (QED) is 0.662. The summed E-state index contributed by atoms with van der Waals surface area (Å²) in [6.07, 6.45) is 0.959. The van der Waals surface area contributed by atoms with Gasteiger partial charge < -0.3 is 4.74 Å². The summed E-state index contributed by atoms with van der Waals surface area (Å²) in [5, 5.41) is 0.689. The number of methoxy groups -OCH3 is 1. The first-order valence-electron chi connectivity index (χ1n) is 8.94. The Hall–Kier alpha value is -1.65. The van der Waals surface area contributed by atoms with E-state index in [-0.39, 0.29) is 6.42 Å². The zero-order chi connectivity index (χ0) is 18.6. The molecule has 0 amide bonds. The van der Waals surface area contributed by atoms with Gasteiger partial charge in [-0.1, -0.05) is 41.9 Å². The van der Waals surface area contributed by atoms with Gasteiger partial charge in [-0.25, -0.2) is 8.78 Å². The van der Waals surface area contributed by atoms with E-state index in [1.807, 2.05) is 48.5 Å². The molecule has 2 nitrogen and oxygen atoms in total. The zero-order valence-electron chi connectivity index (χ0n) is 14.9. The highest BCUT2D eigenvalue weighted by Gasteiger charge is 2.43. The van der Waals surface area contributed by atoms with E-state index in [0.29, 0.717) is 37.5 Å². The molecule has 0 saturated carbocycles. The number of hydrogen-bond donors (Lipinski definition) is 0. The van der Waals surface area contributed by atoms with Crippen LogP contribution in [-0.2, 0) is 13.0 Å². The maximum absolute atomic E-state index is 14.4. The number of para-hydroxylation sites is 1. The van der Waals surface area contributed by atoms with E-state index in [2.05, 4.69) is 4.90 Å². The Balaban J connectivity index is 1.63. The van der Waals surface area contributed by atoms with Gasteiger partial charge in [0.05, 0.1) is 7.11 Å². The van der Waals surface area contributed by atoms with E-state index in [1.54, 1.807) is 7.11 Å². The largest absolute Gasteiger partial charge is 0.496 e. The Kier molecular flexibility index (Phi) is 6.15. The van der Waals surface area contributed by atoms with Crippen LogP contribution in [0.25, 0.3) is 0 Å². The minimum Gasteiger partial charge on any atom is -0.496 e. The van der Waals surface area contributed by atoms with E-state index in [4.69, 9.17) is 16.3 Å². The SMILES string of the molecule is COc1ccccc1CCC1CN(Cc2ccc(Cl)cc2)CCC1(F)F. The number of piperidine rings is 1. The number of nitrogens with zero attached hydrogens (tertiary/aromatic N) is 1. The second-order valence-corrected chi connectivity index (χ2v) is 7.36. The van der Waals surface area contributed by atoms with E-state index < -0.39 is 11.8 Å². The highest BCUT2D eigenvalue weighted by Crippen LogP contribution is 2.37. The van der Waals surface area contributed by atoms with Crippen LogP contribution < -0.4 is 4.74 Å². The lowest BCUT2D eigenvalue weighted by atomic mass is 9.87. The molecule has 1 saturated heterocycles. The van der Waals surface area contributed by atoms with Gasteiger partial charge in [-0.05, 0) is 42.2 Å². The molecular weight excluding hydrogens is 356 g/mol. The van der Waals surface area contributed by atoms with Crippen LogP contribution in [0.2, 0.25) is 5.02 Å². The second-order valence-electron chi connectivity index (χ2n) is 6.92. The van der Waals surface area contributed by atoms with Crippen LogP contribution in [0.4, 0.5) is 8.78 Å². The van der Waals surface area contributed by atoms with Crippen LogP contribution in [0.3, 0.4) is 0 Å². The van der Waals surface area contributed by atoms with Crippen molar-refractivity contribution in [2.24, 2.45) is 5.92 Å². The van der Waals surface area contributed by atoms with Crippen LogP contribution >= 0.6 is 11.6 Å². The van der Waals surface area contributed by atoms with Crippen molar-refractivity contribution in [1.29, 1.82) is 0 Å². The number of halogens is 3. The number of ether oxygens (including phenoxy) is 1. The van der Waals surface area contributed by atoms with Crippen molar-refractivity contribution in [3.63, 3.8) is 0 Å². The average molecular weight is 380 g/mol. The number of hydrogen-bond acceptors (Lipinski definition) is 2. The fraction of sp³-hybridized carbons (Fsp3) is 0.429. The summed E-state index contributed by atoms with van der Waals surface area (Å²) in [7, 11) is 1.61. The van der Waals surface area contributed by atoms with Crippen LogP contribution in [0.15, 0.2) is 48.5 Å². The highest BCUT2D eigenvalue weighted by atomic mass is 35.5. The van der Waals surface area contributed by atoms with E-state index >= 15 is 0 Å². The van der Waals surface area contributed by atoms with Crippen molar-refractivity contribution in [3.8, 4) is 5.75 Å². The van der Waals surface area contributed by atoms with Crippen LogP contribution in [0, 0.1) is 5.92 Å². The molecule has 0 bridgehead atoms. The highest BCUT2D eigenvalue weighted by molar-refractivity contribution is 6.30. The molecule has 26 heavy (non-hydrogen) atoms.